The number of rotatable bonds is 4. The molecule has 4 heterocycles. The fourth-order valence-electron chi connectivity index (χ4n) is 3.76. The van der Waals surface area contributed by atoms with Crippen molar-refractivity contribution in [2.24, 2.45) is 10.9 Å². The summed E-state index contributed by atoms with van der Waals surface area (Å²) < 4.78 is 14.3. The first-order chi connectivity index (χ1) is 13.2. The Balaban J connectivity index is 1.40. The van der Waals surface area contributed by atoms with E-state index in [-0.39, 0.29) is 24.4 Å². The van der Waals surface area contributed by atoms with Gasteiger partial charge in [-0.2, -0.15) is 0 Å². The molecule has 8 heteroatoms. The summed E-state index contributed by atoms with van der Waals surface area (Å²) in [5.74, 6) is 1.42. The quantitative estimate of drug-likeness (QED) is 0.588. The van der Waals surface area contributed by atoms with E-state index in [0.29, 0.717) is 24.7 Å². The second-order valence-corrected chi connectivity index (χ2v) is 7.10. The van der Waals surface area contributed by atoms with Gasteiger partial charge in [0.2, 0.25) is 5.91 Å². The highest BCUT2D eigenvalue weighted by molar-refractivity contribution is 5.90. The first kappa shape index (κ1) is 17.6. The van der Waals surface area contributed by atoms with Gasteiger partial charge >= 0.3 is 0 Å². The molecule has 0 aromatic heterocycles. The van der Waals surface area contributed by atoms with Crippen LogP contribution >= 0.6 is 0 Å². The maximum atomic E-state index is 14.3. The number of nitrogens with zero attached hydrogens (tertiary/aromatic N) is 2. The number of carbonyl (C=O) groups excluding carboxylic acids is 1. The molecule has 1 unspecified atom stereocenters. The van der Waals surface area contributed by atoms with Crippen molar-refractivity contribution in [3.05, 3.63) is 47.0 Å². The molecule has 7 nitrogen and oxygen atoms in total. The smallest absolute Gasteiger partial charge is 0.222 e. The Kier molecular flexibility index (Phi) is 4.87. The Bertz CT molecular complexity index is 781. The van der Waals surface area contributed by atoms with Gasteiger partial charge in [-0.25, -0.2) is 4.39 Å². The molecule has 27 heavy (non-hydrogen) atoms. The summed E-state index contributed by atoms with van der Waals surface area (Å²) in [7, 11) is 0. The highest BCUT2D eigenvalue weighted by Gasteiger charge is 2.28. The number of hydrogen-bond acceptors (Lipinski definition) is 6. The summed E-state index contributed by atoms with van der Waals surface area (Å²) in [6, 6.07) is 0. The summed E-state index contributed by atoms with van der Waals surface area (Å²) in [5, 5.41) is 12.6. The molecule has 1 saturated heterocycles. The van der Waals surface area contributed by atoms with Crippen LogP contribution < -0.4 is 21.3 Å². The third-order valence-corrected chi connectivity index (χ3v) is 5.30. The van der Waals surface area contributed by atoms with Crippen molar-refractivity contribution >= 4 is 12.1 Å². The highest BCUT2D eigenvalue weighted by atomic mass is 19.1. The number of nitrogens with one attached hydrogen (secondary N) is 4. The van der Waals surface area contributed by atoms with Crippen LogP contribution in [0.2, 0.25) is 0 Å². The SMILES string of the molecule is CCC(=O)N1CC[C@H](CNC2=C(F)CNC(=C3C=NC4NC=CC=C34)N2)C1. The van der Waals surface area contributed by atoms with E-state index in [1.165, 1.54) is 0 Å². The van der Waals surface area contributed by atoms with Gasteiger partial charge in [-0.15, -0.1) is 0 Å². The van der Waals surface area contributed by atoms with Crippen LogP contribution in [-0.2, 0) is 4.79 Å². The molecule has 0 saturated carbocycles. The zero-order valence-corrected chi connectivity index (χ0v) is 15.4. The molecule has 0 spiro atoms. The summed E-state index contributed by atoms with van der Waals surface area (Å²) >= 11 is 0. The van der Waals surface area contributed by atoms with Crippen LogP contribution in [0.25, 0.3) is 0 Å². The molecule has 144 valence electrons. The minimum atomic E-state index is -0.249. The van der Waals surface area contributed by atoms with Crippen LogP contribution in [0, 0.1) is 5.92 Å². The molecule has 0 radical (unpaired) electrons. The minimum absolute atomic E-state index is 0.0752. The molecule has 0 aromatic rings. The van der Waals surface area contributed by atoms with Crippen molar-refractivity contribution < 1.29 is 9.18 Å². The van der Waals surface area contributed by atoms with Crippen LogP contribution in [0.3, 0.4) is 0 Å². The predicted molar refractivity (Wildman–Crippen MR) is 102 cm³/mol. The number of amides is 1. The van der Waals surface area contributed by atoms with Gasteiger partial charge < -0.3 is 26.2 Å². The van der Waals surface area contributed by atoms with E-state index in [2.05, 4.69) is 26.3 Å². The van der Waals surface area contributed by atoms with E-state index in [9.17, 15) is 9.18 Å². The van der Waals surface area contributed by atoms with E-state index in [1.807, 2.05) is 30.2 Å². The molecule has 1 amide bonds. The van der Waals surface area contributed by atoms with Crippen molar-refractivity contribution in [2.75, 3.05) is 26.2 Å². The number of halogens is 1. The predicted octanol–water partition coefficient (Wildman–Crippen LogP) is 0.831. The monoisotopic (exact) mass is 372 g/mol. The summed E-state index contributed by atoms with van der Waals surface area (Å²) in [5.41, 5.74) is 1.99. The molecule has 0 aliphatic carbocycles. The van der Waals surface area contributed by atoms with Gasteiger partial charge in [0.15, 0.2) is 5.83 Å². The first-order valence-corrected chi connectivity index (χ1v) is 9.47. The molecule has 4 N–H and O–H groups in total. The van der Waals surface area contributed by atoms with Gasteiger partial charge in [0.1, 0.15) is 17.8 Å². The van der Waals surface area contributed by atoms with Gasteiger partial charge in [0.25, 0.3) is 0 Å². The molecular formula is C19H25FN6O. The Labute approximate surface area is 158 Å². The lowest BCUT2D eigenvalue weighted by atomic mass is 10.0. The van der Waals surface area contributed by atoms with Crippen molar-refractivity contribution in [3.8, 4) is 0 Å². The lowest BCUT2D eigenvalue weighted by Crippen LogP contribution is -2.42. The van der Waals surface area contributed by atoms with Crippen molar-refractivity contribution in [1.82, 2.24) is 26.2 Å². The van der Waals surface area contributed by atoms with Crippen LogP contribution in [0.1, 0.15) is 19.8 Å². The van der Waals surface area contributed by atoms with Gasteiger partial charge in [0.05, 0.1) is 6.54 Å². The summed E-state index contributed by atoms with van der Waals surface area (Å²) in [6.45, 7) is 4.17. The third kappa shape index (κ3) is 3.56. The minimum Gasteiger partial charge on any atom is -0.369 e. The lowest BCUT2D eigenvalue weighted by molar-refractivity contribution is -0.129. The number of hydrogen-bond donors (Lipinski definition) is 4. The van der Waals surface area contributed by atoms with Gasteiger partial charge in [-0.05, 0) is 24.6 Å². The molecule has 0 aromatic carbocycles. The molecule has 4 aliphatic rings. The second kappa shape index (κ2) is 7.46. The molecule has 0 bridgehead atoms. The average Bonchev–Trinajstić information content (AvgIpc) is 3.34. The molecule has 4 rings (SSSR count). The van der Waals surface area contributed by atoms with Gasteiger partial charge in [-0.3, -0.25) is 9.79 Å². The Morgan fingerprint density at radius 3 is 3.22 bits per heavy atom. The van der Waals surface area contributed by atoms with E-state index in [1.54, 1.807) is 6.21 Å². The van der Waals surface area contributed by atoms with E-state index < -0.39 is 0 Å². The normalized spacial score (nSPS) is 29.1. The van der Waals surface area contributed by atoms with E-state index in [0.717, 1.165) is 36.5 Å². The molecule has 2 atom stereocenters. The lowest BCUT2D eigenvalue weighted by Gasteiger charge is -2.26. The largest absolute Gasteiger partial charge is 0.369 e. The van der Waals surface area contributed by atoms with Gasteiger partial charge in [0, 0.05) is 43.4 Å². The summed E-state index contributed by atoms with van der Waals surface area (Å²) in [4.78, 5) is 18.1. The first-order valence-electron chi connectivity index (χ1n) is 9.47. The molecular weight excluding hydrogens is 347 g/mol. The number of carbonyl (C=O) groups is 1. The number of aliphatic imine (C=N–C) groups is 1. The number of dihydropyridines is 1. The number of allylic oxidation sites excluding steroid dienone is 2. The zero-order valence-electron chi connectivity index (χ0n) is 15.4. The van der Waals surface area contributed by atoms with E-state index >= 15 is 0 Å². The standard InChI is InChI=1S/C19H25FN6O/c1-2-16(27)26-7-5-12(11-26)8-22-19-15(20)10-24-18(25-19)14-9-23-17-13(14)4-3-6-21-17/h3-4,6,9,12,17,21-22,24-25H,2,5,7-8,10-11H2,1H3/t12-,17?/m1/s1. The van der Waals surface area contributed by atoms with Crippen molar-refractivity contribution in [3.63, 3.8) is 0 Å². The Morgan fingerprint density at radius 1 is 1.48 bits per heavy atom. The molecule has 1 fully saturated rings. The van der Waals surface area contributed by atoms with Crippen LogP contribution in [-0.4, -0.2) is 49.4 Å². The van der Waals surface area contributed by atoms with E-state index in [4.69, 9.17) is 0 Å². The third-order valence-electron chi connectivity index (χ3n) is 5.30. The maximum Gasteiger partial charge on any atom is 0.222 e. The Hall–Kier alpha value is -2.77. The fraction of sp³-hybridized carbons (Fsp3) is 0.474. The number of likely N-dealkylation sites (tertiary alicyclic amines) is 1. The van der Waals surface area contributed by atoms with Crippen molar-refractivity contribution in [2.45, 2.75) is 25.9 Å². The van der Waals surface area contributed by atoms with Crippen LogP contribution in [0.4, 0.5) is 4.39 Å². The Morgan fingerprint density at radius 2 is 2.37 bits per heavy atom. The summed E-state index contributed by atoms with van der Waals surface area (Å²) in [6.07, 6.45) is 9.02. The van der Waals surface area contributed by atoms with Crippen molar-refractivity contribution in [1.29, 1.82) is 0 Å². The average molecular weight is 372 g/mol. The maximum absolute atomic E-state index is 14.3. The topological polar surface area (TPSA) is 80.8 Å². The van der Waals surface area contributed by atoms with Crippen LogP contribution in [0.5, 0.6) is 0 Å². The highest BCUT2D eigenvalue weighted by Crippen LogP contribution is 2.26. The van der Waals surface area contributed by atoms with Gasteiger partial charge in [-0.1, -0.05) is 13.0 Å². The number of fused-ring (bicyclic) bond motifs is 1. The zero-order chi connectivity index (χ0) is 18.8. The molecule has 4 aliphatic heterocycles. The van der Waals surface area contributed by atoms with Crippen LogP contribution in [0.15, 0.2) is 52.0 Å². The second-order valence-electron chi connectivity index (χ2n) is 7.10. The fourth-order valence-corrected chi connectivity index (χ4v) is 3.76.